The average Bonchev–Trinajstić information content (AvgIpc) is 2.35. The van der Waals surface area contributed by atoms with Crippen molar-refractivity contribution in [1.29, 1.82) is 0 Å². The zero-order chi connectivity index (χ0) is 12.1. The fourth-order valence-corrected chi connectivity index (χ4v) is 2.20. The van der Waals surface area contributed by atoms with Crippen LogP contribution in [0.1, 0.15) is 19.3 Å². The third kappa shape index (κ3) is 3.75. The Hall–Kier alpha value is -1.00. The molecule has 17 heavy (non-hydrogen) atoms. The molecule has 94 valence electrons. The topological polar surface area (TPSA) is 60.2 Å². The monoisotopic (exact) mass is 255 g/mol. The van der Waals surface area contributed by atoms with Crippen molar-refractivity contribution in [2.45, 2.75) is 19.3 Å². The summed E-state index contributed by atoms with van der Waals surface area (Å²) in [7, 11) is 0. The van der Waals surface area contributed by atoms with Crippen LogP contribution in [0.5, 0.6) is 0 Å². The fourth-order valence-electron chi connectivity index (χ4n) is 2.04. The number of nitrogen functional groups attached to an aromatic ring is 1. The van der Waals surface area contributed by atoms with E-state index in [1.54, 1.807) is 12.3 Å². The number of rotatable bonds is 4. The first-order valence-electron chi connectivity index (χ1n) is 5.98. The van der Waals surface area contributed by atoms with Crippen LogP contribution < -0.4 is 11.1 Å². The van der Waals surface area contributed by atoms with Crippen LogP contribution in [0, 0.1) is 5.92 Å². The highest BCUT2D eigenvalue weighted by molar-refractivity contribution is 6.29. The van der Waals surface area contributed by atoms with E-state index in [1.807, 2.05) is 0 Å². The van der Waals surface area contributed by atoms with Gasteiger partial charge in [0.1, 0.15) is 5.15 Å². The molecule has 1 aromatic heterocycles. The summed E-state index contributed by atoms with van der Waals surface area (Å²) in [5.74, 6) is 0.759. The van der Waals surface area contributed by atoms with E-state index in [0.717, 1.165) is 50.6 Å². The second-order valence-electron chi connectivity index (χ2n) is 4.37. The van der Waals surface area contributed by atoms with Crippen LogP contribution in [0.3, 0.4) is 0 Å². The lowest BCUT2D eigenvalue weighted by Crippen LogP contribution is -2.18. The zero-order valence-electron chi connectivity index (χ0n) is 9.79. The number of hydrogen-bond acceptors (Lipinski definition) is 4. The van der Waals surface area contributed by atoms with Gasteiger partial charge in [0.15, 0.2) is 0 Å². The van der Waals surface area contributed by atoms with E-state index in [0.29, 0.717) is 10.8 Å². The first kappa shape index (κ1) is 12.5. The summed E-state index contributed by atoms with van der Waals surface area (Å²) in [6.07, 6.45) is 5.05. The standard InChI is InChI=1S/C12H18ClN3O/c13-12-7-11(10(14)8-16-12)15-4-1-9-2-5-17-6-3-9/h7-9H,1-6,14H2,(H,15,16). The molecule has 0 saturated carbocycles. The van der Waals surface area contributed by atoms with Crippen molar-refractivity contribution in [3.63, 3.8) is 0 Å². The van der Waals surface area contributed by atoms with Crippen LogP contribution in [0.15, 0.2) is 12.3 Å². The first-order chi connectivity index (χ1) is 8.25. The molecule has 5 heteroatoms. The van der Waals surface area contributed by atoms with Gasteiger partial charge in [0, 0.05) is 25.8 Å². The molecule has 0 aromatic carbocycles. The number of hydrogen-bond donors (Lipinski definition) is 2. The SMILES string of the molecule is Nc1cnc(Cl)cc1NCCC1CCOCC1. The largest absolute Gasteiger partial charge is 0.396 e. The molecule has 2 rings (SSSR count). The van der Waals surface area contributed by atoms with Gasteiger partial charge in [-0.05, 0) is 25.2 Å². The van der Waals surface area contributed by atoms with Crippen molar-refractivity contribution in [1.82, 2.24) is 4.98 Å². The Balaban J connectivity index is 1.79. The lowest BCUT2D eigenvalue weighted by Gasteiger charge is -2.22. The maximum atomic E-state index is 5.82. The molecule has 1 aliphatic heterocycles. The van der Waals surface area contributed by atoms with Crippen LogP contribution in [0.4, 0.5) is 11.4 Å². The Morgan fingerprint density at radius 2 is 2.24 bits per heavy atom. The summed E-state index contributed by atoms with van der Waals surface area (Å²) >= 11 is 5.82. The van der Waals surface area contributed by atoms with Crippen molar-refractivity contribution in [3.8, 4) is 0 Å². The van der Waals surface area contributed by atoms with Crippen molar-refractivity contribution < 1.29 is 4.74 Å². The molecule has 0 amide bonds. The van der Waals surface area contributed by atoms with Gasteiger partial charge in [-0.2, -0.15) is 0 Å². The second-order valence-corrected chi connectivity index (χ2v) is 4.75. The van der Waals surface area contributed by atoms with E-state index in [9.17, 15) is 0 Å². The summed E-state index contributed by atoms with van der Waals surface area (Å²) in [4.78, 5) is 3.92. The molecular formula is C12H18ClN3O. The van der Waals surface area contributed by atoms with Crippen molar-refractivity contribution in [2.24, 2.45) is 5.92 Å². The molecular weight excluding hydrogens is 238 g/mol. The number of pyridine rings is 1. The van der Waals surface area contributed by atoms with Gasteiger partial charge in [-0.15, -0.1) is 0 Å². The Labute approximate surface area is 107 Å². The van der Waals surface area contributed by atoms with Gasteiger partial charge in [0.05, 0.1) is 17.6 Å². The smallest absolute Gasteiger partial charge is 0.131 e. The first-order valence-corrected chi connectivity index (χ1v) is 6.36. The third-order valence-electron chi connectivity index (χ3n) is 3.11. The van der Waals surface area contributed by atoms with E-state index >= 15 is 0 Å². The Morgan fingerprint density at radius 1 is 1.47 bits per heavy atom. The Morgan fingerprint density at radius 3 is 3.00 bits per heavy atom. The molecule has 3 N–H and O–H groups in total. The van der Waals surface area contributed by atoms with Crippen LogP contribution in [-0.2, 0) is 4.74 Å². The Bertz CT molecular complexity index is 367. The number of aromatic nitrogens is 1. The van der Waals surface area contributed by atoms with E-state index in [2.05, 4.69) is 10.3 Å². The van der Waals surface area contributed by atoms with Gasteiger partial charge in [0.25, 0.3) is 0 Å². The molecule has 0 aliphatic carbocycles. The zero-order valence-corrected chi connectivity index (χ0v) is 10.5. The number of nitrogens with two attached hydrogens (primary N) is 1. The summed E-state index contributed by atoms with van der Waals surface area (Å²) in [5, 5.41) is 3.78. The molecule has 0 atom stereocenters. The van der Waals surface area contributed by atoms with Crippen molar-refractivity contribution in [2.75, 3.05) is 30.8 Å². The highest BCUT2D eigenvalue weighted by Gasteiger charge is 2.13. The number of nitrogens with zero attached hydrogens (tertiary/aromatic N) is 1. The molecule has 1 fully saturated rings. The van der Waals surface area contributed by atoms with Crippen molar-refractivity contribution >= 4 is 23.0 Å². The van der Waals surface area contributed by atoms with Crippen LogP contribution in [0.25, 0.3) is 0 Å². The lowest BCUT2D eigenvalue weighted by molar-refractivity contribution is 0.0649. The van der Waals surface area contributed by atoms with Gasteiger partial charge >= 0.3 is 0 Å². The van der Waals surface area contributed by atoms with Crippen LogP contribution >= 0.6 is 11.6 Å². The molecule has 0 bridgehead atoms. The van der Waals surface area contributed by atoms with E-state index in [-0.39, 0.29) is 0 Å². The minimum Gasteiger partial charge on any atom is -0.396 e. The predicted octanol–water partition coefficient (Wildman–Crippen LogP) is 2.55. The van der Waals surface area contributed by atoms with E-state index in [1.165, 1.54) is 0 Å². The normalized spacial score (nSPS) is 17.0. The number of anilines is 2. The van der Waals surface area contributed by atoms with Crippen LogP contribution in [-0.4, -0.2) is 24.7 Å². The summed E-state index contributed by atoms with van der Waals surface area (Å²) in [6, 6.07) is 1.76. The molecule has 1 saturated heterocycles. The maximum Gasteiger partial charge on any atom is 0.131 e. The van der Waals surface area contributed by atoms with Gasteiger partial charge in [-0.3, -0.25) is 0 Å². The van der Waals surface area contributed by atoms with E-state index in [4.69, 9.17) is 22.1 Å². The minimum absolute atomic E-state index is 0.466. The summed E-state index contributed by atoms with van der Waals surface area (Å²) in [6.45, 7) is 2.71. The summed E-state index contributed by atoms with van der Waals surface area (Å²) in [5.41, 5.74) is 7.32. The lowest BCUT2D eigenvalue weighted by atomic mass is 9.97. The van der Waals surface area contributed by atoms with Gasteiger partial charge in [-0.1, -0.05) is 11.6 Å². The molecule has 0 radical (unpaired) electrons. The minimum atomic E-state index is 0.466. The highest BCUT2D eigenvalue weighted by atomic mass is 35.5. The van der Waals surface area contributed by atoms with Gasteiger partial charge in [-0.25, -0.2) is 4.98 Å². The summed E-state index contributed by atoms with van der Waals surface area (Å²) < 4.78 is 5.33. The predicted molar refractivity (Wildman–Crippen MR) is 70.3 cm³/mol. The van der Waals surface area contributed by atoms with Crippen molar-refractivity contribution in [3.05, 3.63) is 17.4 Å². The second kappa shape index (κ2) is 6.07. The highest BCUT2D eigenvalue weighted by Crippen LogP contribution is 2.22. The molecule has 1 aromatic rings. The number of halogens is 1. The van der Waals surface area contributed by atoms with Gasteiger partial charge in [0.2, 0.25) is 0 Å². The van der Waals surface area contributed by atoms with Gasteiger partial charge < -0.3 is 15.8 Å². The third-order valence-corrected chi connectivity index (χ3v) is 3.32. The molecule has 2 heterocycles. The van der Waals surface area contributed by atoms with Crippen LogP contribution in [0.2, 0.25) is 5.15 Å². The average molecular weight is 256 g/mol. The molecule has 0 unspecified atom stereocenters. The molecule has 0 spiro atoms. The van der Waals surface area contributed by atoms with E-state index < -0.39 is 0 Å². The Kier molecular flexibility index (Phi) is 4.45. The molecule has 1 aliphatic rings. The maximum absolute atomic E-state index is 5.82. The fraction of sp³-hybridized carbons (Fsp3) is 0.583. The number of nitrogens with one attached hydrogen (secondary N) is 1. The number of ether oxygens (including phenoxy) is 1. The molecule has 4 nitrogen and oxygen atoms in total. The quantitative estimate of drug-likeness (QED) is 0.812.